The molecule has 1 saturated heterocycles. The summed E-state index contributed by atoms with van der Waals surface area (Å²) in [5.74, 6) is 1.23. The van der Waals surface area contributed by atoms with Crippen LogP contribution in [0.25, 0.3) is 0 Å². The van der Waals surface area contributed by atoms with Gasteiger partial charge in [-0.15, -0.1) is 0 Å². The highest BCUT2D eigenvalue weighted by Gasteiger charge is 2.28. The fourth-order valence-electron chi connectivity index (χ4n) is 3.04. The molecule has 8 heteroatoms. The van der Waals surface area contributed by atoms with E-state index in [4.69, 9.17) is 5.73 Å². The summed E-state index contributed by atoms with van der Waals surface area (Å²) < 4.78 is 1.74. The molecule has 0 saturated carbocycles. The Hall–Kier alpha value is -2.64. The molecular weight excluding hydrogens is 306 g/mol. The number of carbonyl (C=O) groups is 1. The summed E-state index contributed by atoms with van der Waals surface area (Å²) in [6.45, 7) is 6.71. The van der Waals surface area contributed by atoms with Gasteiger partial charge in [-0.1, -0.05) is 6.92 Å². The Morgan fingerprint density at radius 1 is 1.29 bits per heavy atom. The van der Waals surface area contributed by atoms with Crippen LogP contribution in [0.5, 0.6) is 0 Å². The minimum absolute atomic E-state index is 0.124. The Labute approximate surface area is 141 Å². The molecule has 1 atom stereocenters. The molecule has 2 aromatic heterocycles. The van der Waals surface area contributed by atoms with E-state index in [1.165, 1.54) is 0 Å². The zero-order valence-corrected chi connectivity index (χ0v) is 14.1. The number of rotatable bonds is 4. The number of aromatic nitrogens is 4. The van der Waals surface area contributed by atoms with Gasteiger partial charge in [0.1, 0.15) is 11.9 Å². The average molecular weight is 329 g/mol. The Balaban J connectivity index is 1.65. The molecule has 128 valence electrons. The predicted molar refractivity (Wildman–Crippen MR) is 91.5 cm³/mol. The van der Waals surface area contributed by atoms with Crippen LogP contribution in [0, 0.1) is 6.92 Å². The second kappa shape index (κ2) is 6.86. The predicted octanol–water partition coefficient (Wildman–Crippen LogP) is 0.864. The van der Waals surface area contributed by atoms with Gasteiger partial charge in [0, 0.05) is 50.3 Å². The number of hydrogen-bond donors (Lipinski definition) is 1. The van der Waals surface area contributed by atoms with E-state index in [2.05, 4.69) is 20.0 Å². The van der Waals surface area contributed by atoms with Crippen molar-refractivity contribution in [3.05, 3.63) is 30.2 Å². The molecule has 3 heterocycles. The first-order chi connectivity index (χ1) is 11.6. The average Bonchev–Trinajstić information content (AvgIpc) is 3.09. The second-order valence-electron chi connectivity index (χ2n) is 5.95. The fraction of sp³-hybridized carbons (Fsp3) is 0.500. The number of nitrogens with zero attached hydrogens (tertiary/aromatic N) is 6. The van der Waals surface area contributed by atoms with Gasteiger partial charge in [0.2, 0.25) is 11.9 Å². The highest BCUT2D eigenvalue weighted by atomic mass is 16.2. The molecule has 0 bridgehead atoms. The van der Waals surface area contributed by atoms with Crippen LogP contribution in [-0.4, -0.2) is 56.7 Å². The standard InChI is InChI=1S/C16H23N7O/c1-3-13(23-6-4-5-18-23)15(24)22-9-7-21(8-10-22)14-11-12(2)19-16(17)20-14/h4-6,11,13H,3,7-10H2,1-2H3,(H2,17,19,20). The SMILES string of the molecule is CCC(C(=O)N1CCN(c2cc(C)nc(N)n2)CC1)n1cccn1. The van der Waals surface area contributed by atoms with Crippen LogP contribution in [0.2, 0.25) is 0 Å². The molecule has 0 radical (unpaired) electrons. The molecule has 1 unspecified atom stereocenters. The van der Waals surface area contributed by atoms with Gasteiger partial charge in [-0.2, -0.15) is 10.1 Å². The van der Waals surface area contributed by atoms with Crippen molar-refractivity contribution >= 4 is 17.7 Å². The lowest BCUT2D eigenvalue weighted by molar-refractivity contribution is -0.135. The van der Waals surface area contributed by atoms with Crippen molar-refractivity contribution in [3.63, 3.8) is 0 Å². The molecule has 8 nitrogen and oxygen atoms in total. The van der Waals surface area contributed by atoms with Crippen LogP contribution in [0.15, 0.2) is 24.5 Å². The molecule has 1 amide bonds. The summed E-state index contributed by atoms with van der Waals surface area (Å²) in [5.41, 5.74) is 6.58. The minimum atomic E-state index is -0.233. The molecule has 24 heavy (non-hydrogen) atoms. The van der Waals surface area contributed by atoms with Crippen molar-refractivity contribution in [2.75, 3.05) is 36.8 Å². The maximum Gasteiger partial charge on any atom is 0.247 e. The Kier molecular flexibility index (Phi) is 4.64. The number of nitrogen functional groups attached to an aromatic ring is 1. The maximum absolute atomic E-state index is 12.8. The number of hydrogen-bond acceptors (Lipinski definition) is 6. The molecule has 3 rings (SSSR count). The molecular formula is C16H23N7O. The van der Waals surface area contributed by atoms with Crippen LogP contribution in [0.4, 0.5) is 11.8 Å². The van der Waals surface area contributed by atoms with E-state index in [9.17, 15) is 4.79 Å². The fourth-order valence-corrected chi connectivity index (χ4v) is 3.04. The summed E-state index contributed by atoms with van der Waals surface area (Å²) in [7, 11) is 0. The van der Waals surface area contributed by atoms with Gasteiger partial charge in [-0.25, -0.2) is 4.98 Å². The number of carbonyl (C=O) groups excluding carboxylic acids is 1. The van der Waals surface area contributed by atoms with Gasteiger partial charge >= 0.3 is 0 Å². The van der Waals surface area contributed by atoms with Gasteiger partial charge in [0.25, 0.3) is 0 Å². The van der Waals surface area contributed by atoms with Gasteiger partial charge in [0.15, 0.2) is 0 Å². The summed E-state index contributed by atoms with van der Waals surface area (Å²) >= 11 is 0. The second-order valence-corrected chi connectivity index (χ2v) is 5.95. The number of anilines is 2. The van der Waals surface area contributed by atoms with Gasteiger partial charge < -0.3 is 15.5 Å². The smallest absolute Gasteiger partial charge is 0.247 e. The largest absolute Gasteiger partial charge is 0.368 e. The van der Waals surface area contributed by atoms with E-state index < -0.39 is 0 Å². The highest BCUT2D eigenvalue weighted by molar-refractivity contribution is 5.80. The van der Waals surface area contributed by atoms with Crippen molar-refractivity contribution < 1.29 is 4.79 Å². The zero-order chi connectivity index (χ0) is 17.1. The lowest BCUT2D eigenvalue weighted by Gasteiger charge is -2.37. The van der Waals surface area contributed by atoms with E-state index in [0.717, 1.165) is 31.0 Å². The summed E-state index contributed by atoms with van der Waals surface area (Å²) in [6.07, 6.45) is 4.27. The lowest BCUT2D eigenvalue weighted by atomic mass is 10.1. The van der Waals surface area contributed by atoms with Crippen LogP contribution in [0.3, 0.4) is 0 Å². The monoisotopic (exact) mass is 329 g/mol. The Bertz CT molecular complexity index is 672. The van der Waals surface area contributed by atoms with E-state index in [1.54, 1.807) is 10.9 Å². The van der Waals surface area contributed by atoms with Crippen molar-refractivity contribution in [2.45, 2.75) is 26.3 Å². The Morgan fingerprint density at radius 2 is 2.04 bits per heavy atom. The van der Waals surface area contributed by atoms with Crippen molar-refractivity contribution in [1.82, 2.24) is 24.6 Å². The third kappa shape index (κ3) is 3.32. The van der Waals surface area contributed by atoms with Gasteiger partial charge in [-0.3, -0.25) is 9.48 Å². The van der Waals surface area contributed by atoms with Crippen LogP contribution in [0.1, 0.15) is 25.1 Å². The number of nitrogens with two attached hydrogens (primary N) is 1. The highest BCUT2D eigenvalue weighted by Crippen LogP contribution is 2.19. The van der Waals surface area contributed by atoms with E-state index in [-0.39, 0.29) is 17.9 Å². The summed E-state index contributed by atoms with van der Waals surface area (Å²) in [4.78, 5) is 25.2. The number of aryl methyl sites for hydroxylation is 1. The first-order valence-corrected chi connectivity index (χ1v) is 8.22. The van der Waals surface area contributed by atoms with Crippen LogP contribution < -0.4 is 10.6 Å². The molecule has 1 aliphatic heterocycles. The quantitative estimate of drug-likeness (QED) is 0.894. The number of piperazine rings is 1. The van der Waals surface area contributed by atoms with E-state index in [1.807, 2.05) is 37.1 Å². The molecule has 1 aliphatic rings. The third-order valence-electron chi connectivity index (χ3n) is 4.29. The molecule has 0 aliphatic carbocycles. The van der Waals surface area contributed by atoms with Crippen molar-refractivity contribution in [3.8, 4) is 0 Å². The van der Waals surface area contributed by atoms with Gasteiger partial charge in [0.05, 0.1) is 0 Å². The molecule has 0 spiro atoms. The minimum Gasteiger partial charge on any atom is -0.368 e. The van der Waals surface area contributed by atoms with Crippen molar-refractivity contribution in [2.24, 2.45) is 0 Å². The topological polar surface area (TPSA) is 93.2 Å². The van der Waals surface area contributed by atoms with Crippen LogP contribution >= 0.6 is 0 Å². The molecule has 2 N–H and O–H groups in total. The van der Waals surface area contributed by atoms with E-state index in [0.29, 0.717) is 13.1 Å². The van der Waals surface area contributed by atoms with Crippen LogP contribution in [-0.2, 0) is 4.79 Å². The third-order valence-corrected chi connectivity index (χ3v) is 4.29. The van der Waals surface area contributed by atoms with Gasteiger partial charge in [-0.05, 0) is 19.4 Å². The normalized spacial score (nSPS) is 16.2. The summed E-state index contributed by atoms with van der Waals surface area (Å²) in [5, 5.41) is 4.21. The Morgan fingerprint density at radius 3 is 2.62 bits per heavy atom. The maximum atomic E-state index is 12.8. The molecule has 0 aromatic carbocycles. The first-order valence-electron chi connectivity index (χ1n) is 8.22. The molecule has 1 fully saturated rings. The zero-order valence-electron chi connectivity index (χ0n) is 14.1. The number of amides is 1. The van der Waals surface area contributed by atoms with Crippen molar-refractivity contribution in [1.29, 1.82) is 0 Å². The lowest BCUT2D eigenvalue weighted by Crippen LogP contribution is -2.51. The first kappa shape index (κ1) is 16.2. The van der Waals surface area contributed by atoms with E-state index >= 15 is 0 Å². The summed E-state index contributed by atoms with van der Waals surface area (Å²) in [6, 6.07) is 3.53. The molecule has 2 aromatic rings.